The molecular formula is C18H14BrFO. The van der Waals surface area contributed by atoms with Gasteiger partial charge in [0.25, 0.3) is 0 Å². The number of aliphatic hydroxyl groups excluding tert-OH is 1. The molecule has 3 aromatic carbocycles. The Balaban J connectivity index is 1.89. The summed E-state index contributed by atoms with van der Waals surface area (Å²) in [4.78, 5) is 0. The Morgan fingerprint density at radius 2 is 1.71 bits per heavy atom. The Morgan fingerprint density at radius 3 is 2.52 bits per heavy atom. The van der Waals surface area contributed by atoms with Gasteiger partial charge in [-0.1, -0.05) is 54.6 Å². The quantitative estimate of drug-likeness (QED) is 0.707. The van der Waals surface area contributed by atoms with E-state index in [0.717, 1.165) is 10.9 Å². The van der Waals surface area contributed by atoms with Crippen molar-refractivity contribution >= 4 is 26.7 Å². The molecule has 3 rings (SSSR count). The number of rotatable bonds is 3. The number of hydrogen-bond acceptors (Lipinski definition) is 1. The summed E-state index contributed by atoms with van der Waals surface area (Å²) in [5.41, 5.74) is 1.60. The van der Waals surface area contributed by atoms with Crippen molar-refractivity contribution in [1.29, 1.82) is 0 Å². The van der Waals surface area contributed by atoms with Gasteiger partial charge in [0.1, 0.15) is 5.82 Å². The van der Waals surface area contributed by atoms with Crippen molar-refractivity contribution < 1.29 is 9.50 Å². The normalized spacial score (nSPS) is 12.5. The first-order valence-corrected chi connectivity index (χ1v) is 7.54. The third-order valence-electron chi connectivity index (χ3n) is 3.58. The van der Waals surface area contributed by atoms with Crippen molar-refractivity contribution in [3.8, 4) is 0 Å². The molecule has 0 saturated heterocycles. The van der Waals surface area contributed by atoms with Crippen LogP contribution in [0.15, 0.2) is 65.1 Å². The van der Waals surface area contributed by atoms with Gasteiger partial charge >= 0.3 is 0 Å². The molecule has 3 aromatic rings. The van der Waals surface area contributed by atoms with Gasteiger partial charge in [-0.05, 0) is 43.9 Å². The molecular weight excluding hydrogens is 331 g/mol. The van der Waals surface area contributed by atoms with Gasteiger partial charge in [-0.3, -0.25) is 0 Å². The maximum atomic E-state index is 13.5. The molecule has 0 heterocycles. The average molecular weight is 345 g/mol. The highest BCUT2D eigenvalue weighted by molar-refractivity contribution is 9.10. The minimum absolute atomic E-state index is 0.332. The highest BCUT2D eigenvalue weighted by atomic mass is 79.9. The number of halogens is 2. The molecule has 0 amide bonds. The topological polar surface area (TPSA) is 20.2 Å². The van der Waals surface area contributed by atoms with Crippen LogP contribution in [0, 0.1) is 5.82 Å². The summed E-state index contributed by atoms with van der Waals surface area (Å²) in [5.74, 6) is -0.356. The summed E-state index contributed by atoms with van der Waals surface area (Å²) in [6.45, 7) is 0. The summed E-state index contributed by atoms with van der Waals surface area (Å²) >= 11 is 3.20. The van der Waals surface area contributed by atoms with Gasteiger partial charge < -0.3 is 5.11 Å². The lowest BCUT2D eigenvalue weighted by molar-refractivity contribution is 0.177. The van der Waals surface area contributed by atoms with Gasteiger partial charge in [0.15, 0.2) is 0 Å². The zero-order valence-electron chi connectivity index (χ0n) is 11.3. The summed E-state index contributed by atoms with van der Waals surface area (Å²) in [5, 5.41) is 12.7. The van der Waals surface area contributed by atoms with Gasteiger partial charge in [-0.25, -0.2) is 4.39 Å². The fourth-order valence-electron chi connectivity index (χ4n) is 2.48. The number of benzene rings is 3. The van der Waals surface area contributed by atoms with Crippen molar-refractivity contribution in [3.05, 3.63) is 82.1 Å². The molecule has 1 nitrogen and oxygen atoms in total. The fourth-order valence-corrected chi connectivity index (χ4v) is 3.01. The molecule has 0 bridgehead atoms. The fraction of sp³-hybridized carbons (Fsp3) is 0.111. The minimum Gasteiger partial charge on any atom is -0.388 e. The number of aliphatic hydroxyl groups is 1. The van der Waals surface area contributed by atoms with E-state index in [1.807, 2.05) is 30.3 Å². The van der Waals surface area contributed by atoms with Crippen LogP contribution in [0.1, 0.15) is 17.2 Å². The molecule has 106 valence electrons. The predicted octanol–water partition coefficient (Wildman–Crippen LogP) is 5.02. The third-order valence-corrected chi connectivity index (χ3v) is 4.42. The first-order valence-electron chi connectivity index (χ1n) is 6.75. The Morgan fingerprint density at radius 1 is 0.952 bits per heavy atom. The van der Waals surface area contributed by atoms with E-state index >= 15 is 0 Å². The monoisotopic (exact) mass is 344 g/mol. The van der Waals surface area contributed by atoms with Crippen LogP contribution in [-0.2, 0) is 6.42 Å². The van der Waals surface area contributed by atoms with Crippen LogP contribution in [0.5, 0.6) is 0 Å². The van der Waals surface area contributed by atoms with E-state index in [1.165, 1.54) is 11.5 Å². The van der Waals surface area contributed by atoms with E-state index in [2.05, 4.69) is 28.1 Å². The van der Waals surface area contributed by atoms with Crippen LogP contribution >= 0.6 is 15.9 Å². The van der Waals surface area contributed by atoms with Gasteiger partial charge in [-0.15, -0.1) is 0 Å². The minimum atomic E-state index is -0.740. The predicted molar refractivity (Wildman–Crippen MR) is 86.7 cm³/mol. The van der Waals surface area contributed by atoms with Gasteiger partial charge in [0, 0.05) is 6.42 Å². The Kier molecular flexibility index (Phi) is 4.04. The molecule has 0 aliphatic rings. The van der Waals surface area contributed by atoms with Gasteiger partial charge in [-0.2, -0.15) is 0 Å². The molecule has 0 fully saturated rings. The van der Waals surface area contributed by atoms with Gasteiger partial charge in [0.05, 0.1) is 10.6 Å². The van der Waals surface area contributed by atoms with Crippen molar-refractivity contribution in [2.45, 2.75) is 12.5 Å². The lowest BCUT2D eigenvalue weighted by atomic mass is 9.99. The molecule has 1 unspecified atom stereocenters. The standard InChI is InChI=1S/C18H14BrFO/c19-18-15(6-3-7-16(18)20)17(21)11-12-8-9-13-4-1-2-5-14(13)10-12/h1-10,17,21H,11H2. The van der Waals surface area contributed by atoms with E-state index in [1.54, 1.807) is 12.1 Å². The zero-order chi connectivity index (χ0) is 14.8. The lowest BCUT2D eigenvalue weighted by Gasteiger charge is -2.14. The molecule has 0 radical (unpaired) electrons. The molecule has 0 saturated carbocycles. The molecule has 21 heavy (non-hydrogen) atoms. The number of hydrogen-bond donors (Lipinski definition) is 1. The smallest absolute Gasteiger partial charge is 0.137 e. The molecule has 0 aliphatic heterocycles. The lowest BCUT2D eigenvalue weighted by Crippen LogP contribution is -2.03. The first-order chi connectivity index (χ1) is 10.1. The summed E-state index contributed by atoms with van der Waals surface area (Å²) in [7, 11) is 0. The maximum absolute atomic E-state index is 13.5. The van der Waals surface area contributed by atoms with E-state index in [4.69, 9.17) is 0 Å². The Bertz CT molecular complexity index is 785. The summed E-state index contributed by atoms with van der Waals surface area (Å²) in [6.07, 6.45) is -0.288. The summed E-state index contributed by atoms with van der Waals surface area (Å²) in [6, 6.07) is 18.9. The second-order valence-electron chi connectivity index (χ2n) is 5.04. The van der Waals surface area contributed by atoms with E-state index in [9.17, 15) is 9.50 Å². The number of fused-ring (bicyclic) bond motifs is 1. The third kappa shape index (κ3) is 2.99. The zero-order valence-corrected chi connectivity index (χ0v) is 12.8. The second kappa shape index (κ2) is 5.96. The van der Waals surface area contributed by atoms with Crippen LogP contribution in [0.25, 0.3) is 10.8 Å². The van der Waals surface area contributed by atoms with Crippen molar-refractivity contribution in [2.75, 3.05) is 0 Å². The Labute approximate surface area is 131 Å². The Hall–Kier alpha value is -1.71. The second-order valence-corrected chi connectivity index (χ2v) is 5.84. The van der Waals surface area contributed by atoms with Gasteiger partial charge in [0.2, 0.25) is 0 Å². The first kappa shape index (κ1) is 14.2. The van der Waals surface area contributed by atoms with Crippen molar-refractivity contribution in [2.24, 2.45) is 0 Å². The van der Waals surface area contributed by atoms with Crippen molar-refractivity contribution in [1.82, 2.24) is 0 Å². The van der Waals surface area contributed by atoms with E-state index in [-0.39, 0.29) is 5.82 Å². The average Bonchev–Trinajstić information content (AvgIpc) is 2.50. The van der Waals surface area contributed by atoms with Crippen LogP contribution < -0.4 is 0 Å². The molecule has 0 aromatic heterocycles. The molecule has 3 heteroatoms. The van der Waals surface area contributed by atoms with Crippen molar-refractivity contribution in [3.63, 3.8) is 0 Å². The molecule has 0 aliphatic carbocycles. The highest BCUT2D eigenvalue weighted by Crippen LogP contribution is 2.29. The highest BCUT2D eigenvalue weighted by Gasteiger charge is 2.14. The summed E-state index contributed by atoms with van der Waals surface area (Å²) < 4.78 is 13.9. The SMILES string of the molecule is OC(Cc1ccc2ccccc2c1)c1cccc(F)c1Br. The van der Waals surface area contributed by atoms with E-state index in [0.29, 0.717) is 16.5 Å². The molecule has 1 N–H and O–H groups in total. The van der Waals surface area contributed by atoms with Crippen LogP contribution in [0.3, 0.4) is 0 Å². The maximum Gasteiger partial charge on any atom is 0.137 e. The largest absolute Gasteiger partial charge is 0.388 e. The van der Waals surface area contributed by atoms with Crippen LogP contribution in [0.4, 0.5) is 4.39 Å². The molecule has 1 atom stereocenters. The van der Waals surface area contributed by atoms with E-state index < -0.39 is 6.10 Å². The van der Waals surface area contributed by atoms with Crippen LogP contribution in [-0.4, -0.2) is 5.11 Å². The molecule has 0 spiro atoms. The van der Waals surface area contributed by atoms with Crippen LogP contribution in [0.2, 0.25) is 0 Å².